The number of rotatable bonds is 8. The highest BCUT2D eigenvalue weighted by atomic mass is 16.5. The third kappa shape index (κ3) is 5.47. The van der Waals surface area contributed by atoms with E-state index in [0.29, 0.717) is 11.3 Å². The minimum Gasteiger partial charge on any atom is -0.490 e. The molecule has 1 atom stereocenters. The number of ether oxygens (including phenoxy) is 1. The Balaban J connectivity index is 2.12. The highest BCUT2D eigenvalue weighted by molar-refractivity contribution is 5.97. The predicted molar refractivity (Wildman–Crippen MR) is 96.1 cm³/mol. The summed E-state index contributed by atoms with van der Waals surface area (Å²) in [6, 6.07) is 5.83. The van der Waals surface area contributed by atoms with E-state index in [2.05, 4.69) is 5.32 Å². The zero-order valence-corrected chi connectivity index (χ0v) is 15.2. The molecule has 0 radical (unpaired) electrons. The van der Waals surface area contributed by atoms with Crippen LogP contribution in [-0.2, 0) is 9.59 Å². The van der Waals surface area contributed by atoms with Gasteiger partial charge in [-0.25, -0.2) is 4.79 Å². The Hall–Kier alpha value is -2.57. The fourth-order valence-corrected chi connectivity index (χ4v) is 3.02. The third-order valence-electron chi connectivity index (χ3n) is 4.50. The predicted octanol–water partition coefficient (Wildman–Crippen LogP) is 2.06. The molecule has 1 aliphatic carbocycles. The molecule has 2 amide bonds. The molecule has 0 aliphatic heterocycles. The maximum absolute atomic E-state index is 12.9. The number of benzene rings is 1. The Kier molecular flexibility index (Phi) is 7.00. The summed E-state index contributed by atoms with van der Waals surface area (Å²) in [6.45, 7) is 3.13. The number of amides is 2. The van der Waals surface area contributed by atoms with Crippen molar-refractivity contribution in [3.05, 3.63) is 29.8 Å². The average molecular weight is 362 g/mol. The molecule has 0 bridgehead atoms. The van der Waals surface area contributed by atoms with Crippen molar-refractivity contribution in [2.24, 2.45) is 0 Å². The molecule has 142 valence electrons. The first kappa shape index (κ1) is 19.8. The number of carbonyl (C=O) groups is 3. The Morgan fingerprint density at radius 1 is 1.31 bits per heavy atom. The molecule has 1 saturated carbocycles. The van der Waals surface area contributed by atoms with Crippen LogP contribution in [0.1, 0.15) is 49.9 Å². The molecule has 7 nitrogen and oxygen atoms in total. The third-order valence-corrected chi connectivity index (χ3v) is 4.50. The van der Waals surface area contributed by atoms with Crippen LogP contribution in [0.5, 0.6) is 5.75 Å². The number of carboxylic acid groups (broad SMARTS) is 1. The van der Waals surface area contributed by atoms with Gasteiger partial charge in [-0.1, -0.05) is 6.07 Å². The van der Waals surface area contributed by atoms with Crippen molar-refractivity contribution in [1.82, 2.24) is 10.2 Å². The van der Waals surface area contributed by atoms with Crippen molar-refractivity contribution < 1.29 is 24.2 Å². The van der Waals surface area contributed by atoms with Crippen LogP contribution < -0.4 is 10.1 Å². The van der Waals surface area contributed by atoms with Gasteiger partial charge in [-0.05, 0) is 50.8 Å². The summed E-state index contributed by atoms with van der Waals surface area (Å²) >= 11 is 0. The molecule has 0 heterocycles. The maximum Gasteiger partial charge on any atom is 0.326 e. The van der Waals surface area contributed by atoms with Gasteiger partial charge in [0, 0.05) is 25.6 Å². The summed E-state index contributed by atoms with van der Waals surface area (Å²) in [5, 5.41) is 11.9. The van der Waals surface area contributed by atoms with E-state index in [9.17, 15) is 19.5 Å². The maximum atomic E-state index is 12.9. The van der Waals surface area contributed by atoms with E-state index in [1.807, 2.05) is 0 Å². The van der Waals surface area contributed by atoms with Crippen molar-refractivity contribution in [3.8, 4) is 5.75 Å². The SMILES string of the molecule is CC(=O)NCCN(C(=O)c1cccc(OC2CCCC2)c1)C(C)C(=O)O. The van der Waals surface area contributed by atoms with E-state index in [1.54, 1.807) is 24.3 Å². The van der Waals surface area contributed by atoms with Gasteiger partial charge in [-0.15, -0.1) is 0 Å². The second kappa shape index (κ2) is 9.22. The lowest BCUT2D eigenvalue weighted by Crippen LogP contribution is -2.46. The second-order valence-corrected chi connectivity index (χ2v) is 6.55. The number of aliphatic carboxylic acids is 1. The monoisotopic (exact) mass is 362 g/mol. The van der Waals surface area contributed by atoms with E-state index in [1.165, 1.54) is 18.7 Å². The Bertz CT molecular complexity index is 655. The van der Waals surface area contributed by atoms with Gasteiger partial charge in [0.25, 0.3) is 5.91 Å². The largest absolute Gasteiger partial charge is 0.490 e. The van der Waals surface area contributed by atoms with Gasteiger partial charge < -0.3 is 20.1 Å². The summed E-state index contributed by atoms with van der Waals surface area (Å²) in [5.74, 6) is -1.11. The summed E-state index contributed by atoms with van der Waals surface area (Å²) in [6.07, 6.45) is 4.50. The van der Waals surface area contributed by atoms with Gasteiger partial charge in [0.15, 0.2) is 0 Å². The Labute approximate surface area is 153 Å². The first-order valence-corrected chi connectivity index (χ1v) is 8.93. The number of nitrogens with one attached hydrogen (secondary N) is 1. The molecule has 26 heavy (non-hydrogen) atoms. The van der Waals surface area contributed by atoms with Crippen LogP contribution in [0.15, 0.2) is 24.3 Å². The minimum atomic E-state index is -1.10. The number of carbonyl (C=O) groups excluding carboxylic acids is 2. The van der Waals surface area contributed by atoms with Crippen LogP contribution in [0.25, 0.3) is 0 Å². The molecule has 1 aromatic carbocycles. The number of carboxylic acids is 1. The van der Waals surface area contributed by atoms with Gasteiger partial charge in [0.1, 0.15) is 11.8 Å². The molecule has 0 spiro atoms. The molecule has 1 fully saturated rings. The molecule has 1 unspecified atom stereocenters. The quantitative estimate of drug-likeness (QED) is 0.738. The van der Waals surface area contributed by atoms with Gasteiger partial charge in [-0.3, -0.25) is 9.59 Å². The van der Waals surface area contributed by atoms with Gasteiger partial charge >= 0.3 is 5.97 Å². The molecule has 1 aromatic rings. The van der Waals surface area contributed by atoms with E-state index in [-0.39, 0.29) is 25.1 Å². The molecule has 2 rings (SSSR count). The summed E-state index contributed by atoms with van der Waals surface area (Å²) in [7, 11) is 0. The van der Waals surface area contributed by atoms with Gasteiger partial charge in [0.05, 0.1) is 6.10 Å². The van der Waals surface area contributed by atoms with Gasteiger partial charge in [0.2, 0.25) is 5.91 Å². The molecule has 1 aliphatic rings. The molecule has 7 heteroatoms. The van der Waals surface area contributed by atoms with Crippen LogP contribution in [0.3, 0.4) is 0 Å². The van der Waals surface area contributed by atoms with E-state index < -0.39 is 17.9 Å². The van der Waals surface area contributed by atoms with Crippen LogP contribution in [0.2, 0.25) is 0 Å². The first-order chi connectivity index (χ1) is 12.4. The molecule has 2 N–H and O–H groups in total. The van der Waals surface area contributed by atoms with Crippen LogP contribution >= 0.6 is 0 Å². The smallest absolute Gasteiger partial charge is 0.326 e. The fraction of sp³-hybridized carbons (Fsp3) is 0.526. The van der Waals surface area contributed by atoms with E-state index in [4.69, 9.17) is 4.74 Å². The zero-order chi connectivity index (χ0) is 19.1. The topological polar surface area (TPSA) is 95.9 Å². The molecule has 0 aromatic heterocycles. The minimum absolute atomic E-state index is 0.111. The van der Waals surface area contributed by atoms with Crippen LogP contribution in [0.4, 0.5) is 0 Å². The van der Waals surface area contributed by atoms with E-state index >= 15 is 0 Å². The normalized spacial score (nSPS) is 15.3. The number of hydrogen-bond acceptors (Lipinski definition) is 4. The zero-order valence-electron chi connectivity index (χ0n) is 15.2. The lowest BCUT2D eigenvalue weighted by Gasteiger charge is -2.27. The Morgan fingerprint density at radius 2 is 2.00 bits per heavy atom. The standard InChI is InChI=1S/C19H26N2O5/c1-13(19(24)25)21(11-10-20-14(2)22)18(23)15-6-5-9-17(12-15)26-16-7-3-4-8-16/h5-6,9,12-13,16H,3-4,7-8,10-11H2,1-2H3,(H,20,22)(H,24,25). The van der Waals surface area contributed by atoms with E-state index in [0.717, 1.165) is 25.7 Å². The lowest BCUT2D eigenvalue weighted by molar-refractivity contribution is -0.141. The number of nitrogens with zero attached hydrogens (tertiary/aromatic N) is 1. The highest BCUT2D eigenvalue weighted by Gasteiger charge is 2.26. The fourth-order valence-electron chi connectivity index (χ4n) is 3.02. The summed E-state index contributed by atoms with van der Waals surface area (Å²) in [5.41, 5.74) is 0.372. The molecular weight excluding hydrogens is 336 g/mol. The first-order valence-electron chi connectivity index (χ1n) is 8.93. The lowest BCUT2D eigenvalue weighted by atomic mass is 10.1. The average Bonchev–Trinajstić information content (AvgIpc) is 3.10. The summed E-state index contributed by atoms with van der Waals surface area (Å²) in [4.78, 5) is 36.5. The highest BCUT2D eigenvalue weighted by Crippen LogP contribution is 2.25. The van der Waals surface area contributed by atoms with Crippen molar-refractivity contribution in [2.45, 2.75) is 51.7 Å². The summed E-state index contributed by atoms with van der Waals surface area (Å²) < 4.78 is 5.92. The Morgan fingerprint density at radius 3 is 2.62 bits per heavy atom. The molecular formula is C19H26N2O5. The van der Waals surface area contributed by atoms with Crippen molar-refractivity contribution >= 4 is 17.8 Å². The van der Waals surface area contributed by atoms with Crippen molar-refractivity contribution in [1.29, 1.82) is 0 Å². The second-order valence-electron chi connectivity index (χ2n) is 6.55. The van der Waals surface area contributed by atoms with Crippen molar-refractivity contribution in [3.63, 3.8) is 0 Å². The van der Waals surface area contributed by atoms with Crippen LogP contribution in [0, 0.1) is 0 Å². The van der Waals surface area contributed by atoms with Crippen molar-refractivity contribution in [2.75, 3.05) is 13.1 Å². The van der Waals surface area contributed by atoms with Gasteiger partial charge in [-0.2, -0.15) is 0 Å². The molecule has 0 saturated heterocycles. The van der Waals surface area contributed by atoms with Crippen LogP contribution in [-0.4, -0.2) is 53.0 Å². The number of hydrogen-bond donors (Lipinski definition) is 2.